The minimum absolute atomic E-state index is 0.0930. The van der Waals surface area contributed by atoms with E-state index in [1.807, 2.05) is 0 Å². The van der Waals surface area contributed by atoms with Crippen molar-refractivity contribution in [1.29, 1.82) is 0 Å². The maximum atomic E-state index is 11.3. The summed E-state index contributed by atoms with van der Waals surface area (Å²) in [6.07, 6.45) is 7.76. The molecule has 0 fully saturated rings. The average Bonchev–Trinajstić information content (AvgIpc) is 2.51. The Labute approximate surface area is 90.2 Å². The highest BCUT2D eigenvalue weighted by Crippen LogP contribution is 2.20. The third-order valence-corrected chi connectivity index (χ3v) is 2.66. The van der Waals surface area contributed by atoms with Crippen LogP contribution in [0.3, 0.4) is 0 Å². The predicted molar refractivity (Wildman–Crippen MR) is 57.5 cm³/mol. The largest absolute Gasteiger partial charge is 0.389 e. The van der Waals surface area contributed by atoms with Gasteiger partial charge in [0.25, 0.3) is 0 Å². The molecule has 1 aliphatic carbocycles. The van der Waals surface area contributed by atoms with Gasteiger partial charge < -0.3 is 9.90 Å². The van der Waals surface area contributed by atoms with Crippen molar-refractivity contribution in [3.8, 4) is 0 Å². The lowest BCUT2D eigenvalue weighted by atomic mass is 10.0. The van der Waals surface area contributed by atoms with E-state index in [0.29, 0.717) is 6.42 Å². The minimum Gasteiger partial charge on any atom is -0.389 e. The number of carbonyl (C=O) groups excluding carboxylic acids is 2. The van der Waals surface area contributed by atoms with Crippen LogP contribution in [-0.4, -0.2) is 23.3 Å². The Morgan fingerprint density at radius 1 is 1.33 bits per heavy atom. The van der Waals surface area contributed by atoms with Gasteiger partial charge in [-0.2, -0.15) is 0 Å². The number of unbranched alkanes of at least 4 members (excludes halogenated alkanes) is 4. The summed E-state index contributed by atoms with van der Waals surface area (Å²) in [5, 5.41) is 9.21. The van der Waals surface area contributed by atoms with Gasteiger partial charge in [-0.05, 0) is 30.9 Å². The zero-order valence-corrected chi connectivity index (χ0v) is 8.95. The summed E-state index contributed by atoms with van der Waals surface area (Å²) in [7, 11) is 0. The first kappa shape index (κ1) is 12.1. The maximum Gasteiger partial charge on any atom is 0.161 e. The van der Waals surface area contributed by atoms with E-state index in [2.05, 4.69) is 0 Å². The van der Waals surface area contributed by atoms with Crippen molar-refractivity contribution in [3.63, 3.8) is 0 Å². The summed E-state index contributed by atoms with van der Waals surface area (Å²) < 4.78 is 0. The summed E-state index contributed by atoms with van der Waals surface area (Å²) in [6, 6.07) is 0. The standard InChI is InChI=1S/C12H18O3/c13-7-5-3-1-2-4-6-10-8-11(14)9-12(10)15/h7-8,11,14H,1-6,9H2/t11-/m0/s1. The highest BCUT2D eigenvalue weighted by atomic mass is 16.3. The van der Waals surface area contributed by atoms with Gasteiger partial charge in [0, 0.05) is 12.8 Å². The van der Waals surface area contributed by atoms with Crippen LogP contribution in [0.2, 0.25) is 0 Å². The molecule has 0 saturated carbocycles. The summed E-state index contributed by atoms with van der Waals surface area (Å²) in [5.41, 5.74) is 0.790. The molecule has 0 unspecified atom stereocenters. The molecule has 0 spiro atoms. The number of rotatable bonds is 7. The van der Waals surface area contributed by atoms with Crippen molar-refractivity contribution in [2.75, 3.05) is 0 Å². The van der Waals surface area contributed by atoms with Gasteiger partial charge in [0.1, 0.15) is 6.29 Å². The van der Waals surface area contributed by atoms with Crippen LogP contribution in [0.1, 0.15) is 44.9 Å². The molecule has 0 aromatic rings. The number of aliphatic hydroxyl groups is 1. The number of aldehydes is 1. The number of hydrogen-bond acceptors (Lipinski definition) is 3. The number of Topliss-reactive ketones (excluding diaryl/α,β-unsaturated/α-hetero) is 1. The fourth-order valence-corrected chi connectivity index (χ4v) is 1.82. The monoisotopic (exact) mass is 210 g/mol. The van der Waals surface area contributed by atoms with Crippen molar-refractivity contribution < 1.29 is 14.7 Å². The molecule has 3 nitrogen and oxygen atoms in total. The first-order valence-electron chi connectivity index (χ1n) is 5.59. The van der Waals surface area contributed by atoms with Crippen molar-refractivity contribution in [2.45, 2.75) is 51.0 Å². The van der Waals surface area contributed by atoms with Crippen LogP contribution in [0.5, 0.6) is 0 Å². The first-order valence-corrected chi connectivity index (χ1v) is 5.59. The molecule has 1 aliphatic rings. The molecule has 0 aromatic carbocycles. The van der Waals surface area contributed by atoms with Crippen molar-refractivity contribution in [2.24, 2.45) is 0 Å². The van der Waals surface area contributed by atoms with Gasteiger partial charge in [-0.15, -0.1) is 0 Å². The van der Waals surface area contributed by atoms with E-state index in [-0.39, 0.29) is 12.2 Å². The number of ketones is 1. The van der Waals surface area contributed by atoms with Crippen LogP contribution in [-0.2, 0) is 9.59 Å². The molecule has 0 bridgehead atoms. The zero-order valence-electron chi connectivity index (χ0n) is 8.95. The molecule has 84 valence electrons. The maximum absolute atomic E-state index is 11.3. The Hall–Kier alpha value is -0.960. The van der Waals surface area contributed by atoms with Gasteiger partial charge in [-0.25, -0.2) is 0 Å². The topological polar surface area (TPSA) is 54.4 Å². The van der Waals surface area contributed by atoms with Gasteiger partial charge in [-0.1, -0.05) is 12.8 Å². The molecule has 3 heteroatoms. The minimum atomic E-state index is -0.553. The van der Waals surface area contributed by atoms with Gasteiger partial charge in [-0.3, -0.25) is 4.79 Å². The summed E-state index contributed by atoms with van der Waals surface area (Å²) in [5.74, 6) is 0.0930. The van der Waals surface area contributed by atoms with E-state index >= 15 is 0 Å². The molecule has 0 heterocycles. The molecule has 1 atom stereocenters. The lowest BCUT2D eigenvalue weighted by Gasteiger charge is -2.00. The molecule has 0 aromatic heterocycles. The predicted octanol–water partition coefficient (Wildman–Crippen LogP) is 1.79. The quantitative estimate of drug-likeness (QED) is 0.515. The second-order valence-electron chi connectivity index (χ2n) is 4.01. The van der Waals surface area contributed by atoms with E-state index in [9.17, 15) is 14.7 Å². The van der Waals surface area contributed by atoms with Crippen LogP contribution in [0.15, 0.2) is 11.6 Å². The van der Waals surface area contributed by atoms with Crippen LogP contribution in [0, 0.1) is 0 Å². The highest BCUT2D eigenvalue weighted by Gasteiger charge is 2.20. The van der Waals surface area contributed by atoms with E-state index in [1.54, 1.807) is 6.08 Å². The van der Waals surface area contributed by atoms with Gasteiger partial charge in [0.05, 0.1) is 6.10 Å². The van der Waals surface area contributed by atoms with Crippen LogP contribution >= 0.6 is 0 Å². The average molecular weight is 210 g/mol. The van der Waals surface area contributed by atoms with Crippen molar-refractivity contribution >= 4 is 12.1 Å². The SMILES string of the molecule is O=CCCCCCCC1=C[C@H](O)CC1=O. The number of carbonyl (C=O) groups is 2. The normalized spacial score (nSPS) is 20.5. The number of allylic oxidation sites excluding steroid dienone is 1. The third kappa shape index (κ3) is 4.38. The molecule has 0 radical (unpaired) electrons. The van der Waals surface area contributed by atoms with Crippen LogP contribution in [0.25, 0.3) is 0 Å². The number of aliphatic hydroxyl groups excluding tert-OH is 1. The van der Waals surface area contributed by atoms with E-state index in [4.69, 9.17) is 0 Å². The van der Waals surface area contributed by atoms with Gasteiger partial charge in [0.15, 0.2) is 5.78 Å². The molecule has 0 aliphatic heterocycles. The first-order chi connectivity index (χ1) is 7.24. The lowest BCUT2D eigenvalue weighted by Crippen LogP contribution is -2.01. The van der Waals surface area contributed by atoms with E-state index in [1.165, 1.54) is 0 Å². The van der Waals surface area contributed by atoms with Crippen molar-refractivity contribution in [1.82, 2.24) is 0 Å². The molecule has 0 amide bonds. The number of hydrogen-bond donors (Lipinski definition) is 1. The summed E-state index contributed by atoms with van der Waals surface area (Å²) in [6.45, 7) is 0. The second-order valence-corrected chi connectivity index (χ2v) is 4.01. The Bertz CT molecular complexity index is 256. The van der Waals surface area contributed by atoms with Gasteiger partial charge in [0.2, 0.25) is 0 Å². The molecular formula is C12H18O3. The molecule has 0 saturated heterocycles. The van der Waals surface area contributed by atoms with Crippen molar-refractivity contribution in [3.05, 3.63) is 11.6 Å². The third-order valence-electron chi connectivity index (χ3n) is 2.66. The van der Waals surface area contributed by atoms with E-state index < -0.39 is 6.10 Å². The Morgan fingerprint density at radius 3 is 2.67 bits per heavy atom. The Kier molecular flexibility index (Phi) is 5.26. The molecule has 1 rings (SSSR count). The highest BCUT2D eigenvalue weighted by molar-refractivity contribution is 5.98. The van der Waals surface area contributed by atoms with Crippen LogP contribution < -0.4 is 0 Å². The second kappa shape index (κ2) is 6.51. The summed E-state index contributed by atoms with van der Waals surface area (Å²) >= 11 is 0. The molecule has 1 N–H and O–H groups in total. The fourth-order valence-electron chi connectivity index (χ4n) is 1.82. The van der Waals surface area contributed by atoms with E-state index in [0.717, 1.165) is 44.0 Å². The Morgan fingerprint density at radius 2 is 2.07 bits per heavy atom. The molecule has 15 heavy (non-hydrogen) atoms. The molecular weight excluding hydrogens is 192 g/mol. The lowest BCUT2D eigenvalue weighted by molar-refractivity contribution is -0.116. The Balaban J connectivity index is 2.07. The fraction of sp³-hybridized carbons (Fsp3) is 0.667. The smallest absolute Gasteiger partial charge is 0.161 e. The zero-order chi connectivity index (χ0) is 11.1. The van der Waals surface area contributed by atoms with Crippen LogP contribution in [0.4, 0.5) is 0 Å². The van der Waals surface area contributed by atoms with Gasteiger partial charge >= 0.3 is 0 Å². The summed E-state index contributed by atoms with van der Waals surface area (Å²) in [4.78, 5) is 21.3.